The van der Waals surface area contributed by atoms with Gasteiger partial charge in [0.1, 0.15) is 11.5 Å². The molecule has 0 radical (unpaired) electrons. The Hall–Kier alpha value is -2.68. The molecular formula is C15H17N3O5S. The molecule has 24 heavy (non-hydrogen) atoms. The summed E-state index contributed by atoms with van der Waals surface area (Å²) in [4.78, 5) is 35.8. The van der Waals surface area contributed by atoms with Gasteiger partial charge in [0, 0.05) is 11.1 Å². The Bertz CT molecular complexity index is 765. The van der Waals surface area contributed by atoms with Crippen LogP contribution in [0.2, 0.25) is 0 Å². The van der Waals surface area contributed by atoms with Crippen LogP contribution < -0.4 is 5.32 Å². The Labute approximate surface area is 142 Å². The highest BCUT2D eigenvalue weighted by Crippen LogP contribution is 2.29. The molecule has 0 spiro atoms. The van der Waals surface area contributed by atoms with Crippen LogP contribution in [0.3, 0.4) is 0 Å². The summed E-state index contributed by atoms with van der Waals surface area (Å²) in [6, 6.07) is 3.11. The molecule has 2 rings (SSSR count). The number of carboxylic acid groups (broad SMARTS) is 1. The van der Waals surface area contributed by atoms with Gasteiger partial charge in [-0.05, 0) is 25.5 Å². The number of aryl methyl sites for hydroxylation is 1. The highest BCUT2D eigenvalue weighted by Gasteiger charge is 2.20. The summed E-state index contributed by atoms with van der Waals surface area (Å²) < 4.78 is 6.14. The molecule has 0 aliphatic carbocycles. The van der Waals surface area contributed by atoms with E-state index in [0.29, 0.717) is 10.6 Å². The van der Waals surface area contributed by atoms with Crippen molar-refractivity contribution in [2.75, 3.05) is 11.9 Å². The lowest BCUT2D eigenvalue weighted by Gasteiger charge is -2.04. The summed E-state index contributed by atoms with van der Waals surface area (Å²) in [6.07, 6.45) is 2.13. The SMILES string of the molecule is CCOC(=O)c1cc(CC)sc1NC(=O)c1ccn(CC(=O)O)n1. The molecule has 0 bridgehead atoms. The van der Waals surface area contributed by atoms with E-state index in [0.717, 1.165) is 16.0 Å². The van der Waals surface area contributed by atoms with Crippen molar-refractivity contribution in [3.63, 3.8) is 0 Å². The van der Waals surface area contributed by atoms with Crippen LogP contribution in [0.5, 0.6) is 0 Å². The zero-order valence-corrected chi connectivity index (χ0v) is 14.1. The number of ether oxygens (including phenoxy) is 1. The van der Waals surface area contributed by atoms with Gasteiger partial charge in [-0.15, -0.1) is 11.3 Å². The van der Waals surface area contributed by atoms with Crippen LogP contribution in [0.15, 0.2) is 18.3 Å². The van der Waals surface area contributed by atoms with Crippen molar-refractivity contribution < 1.29 is 24.2 Å². The maximum atomic E-state index is 12.3. The Balaban J connectivity index is 2.18. The molecule has 0 atom stereocenters. The number of anilines is 1. The van der Waals surface area contributed by atoms with Gasteiger partial charge in [-0.1, -0.05) is 6.92 Å². The first-order chi connectivity index (χ1) is 11.4. The number of hydrogen-bond acceptors (Lipinski definition) is 6. The monoisotopic (exact) mass is 351 g/mol. The second-order valence-corrected chi connectivity index (χ2v) is 5.91. The maximum absolute atomic E-state index is 12.3. The lowest BCUT2D eigenvalue weighted by molar-refractivity contribution is -0.137. The quantitative estimate of drug-likeness (QED) is 0.738. The molecule has 9 heteroatoms. The zero-order valence-electron chi connectivity index (χ0n) is 13.2. The summed E-state index contributed by atoms with van der Waals surface area (Å²) in [5, 5.41) is 15.6. The molecule has 2 aromatic rings. The third-order valence-corrected chi connectivity index (χ3v) is 4.22. The molecule has 0 aliphatic heterocycles. The van der Waals surface area contributed by atoms with Crippen LogP contribution in [-0.4, -0.2) is 39.3 Å². The van der Waals surface area contributed by atoms with Crippen molar-refractivity contribution in [2.24, 2.45) is 0 Å². The second-order valence-electron chi connectivity index (χ2n) is 4.78. The minimum absolute atomic E-state index is 0.0671. The molecule has 0 aliphatic rings. The minimum Gasteiger partial charge on any atom is -0.480 e. The lowest BCUT2D eigenvalue weighted by atomic mass is 10.2. The van der Waals surface area contributed by atoms with Crippen LogP contribution in [0.1, 0.15) is 39.6 Å². The topological polar surface area (TPSA) is 111 Å². The number of hydrogen-bond donors (Lipinski definition) is 2. The second kappa shape index (κ2) is 7.73. The molecule has 128 valence electrons. The van der Waals surface area contributed by atoms with Gasteiger partial charge >= 0.3 is 11.9 Å². The molecule has 2 aromatic heterocycles. The van der Waals surface area contributed by atoms with E-state index in [9.17, 15) is 14.4 Å². The van der Waals surface area contributed by atoms with Crippen LogP contribution in [0.25, 0.3) is 0 Å². The summed E-state index contributed by atoms with van der Waals surface area (Å²) in [5.74, 6) is -2.07. The Morgan fingerprint density at radius 3 is 2.75 bits per heavy atom. The van der Waals surface area contributed by atoms with Gasteiger partial charge < -0.3 is 15.2 Å². The van der Waals surface area contributed by atoms with Crippen molar-refractivity contribution in [1.82, 2.24) is 9.78 Å². The number of nitrogens with one attached hydrogen (secondary N) is 1. The van der Waals surface area contributed by atoms with Gasteiger partial charge in [-0.2, -0.15) is 5.10 Å². The smallest absolute Gasteiger partial charge is 0.341 e. The molecule has 0 unspecified atom stereocenters. The van der Waals surface area contributed by atoms with Crippen molar-refractivity contribution in [3.8, 4) is 0 Å². The van der Waals surface area contributed by atoms with E-state index in [2.05, 4.69) is 10.4 Å². The van der Waals surface area contributed by atoms with E-state index in [-0.39, 0.29) is 18.8 Å². The molecule has 8 nitrogen and oxygen atoms in total. The van der Waals surface area contributed by atoms with Gasteiger partial charge in [0.25, 0.3) is 5.91 Å². The normalized spacial score (nSPS) is 10.4. The van der Waals surface area contributed by atoms with Crippen molar-refractivity contribution in [3.05, 3.63) is 34.5 Å². The molecule has 0 saturated carbocycles. The number of rotatable bonds is 7. The third-order valence-electron chi connectivity index (χ3n) is 3.02. The van der Waals surface area contributed by atoms with Crippen molar-refractivity contribution >= 4 is 34.2 Å². The fourth-order valence-corrected chi connectivity index (χ4v) is 2.93. The first-order valence-electron chi connectivity index (χ1n) is 7.31. The van der Waals surface area contributed by atoms with Gasteiger partial charge in [-0.3, -0.25) is 14.3 Å². The van der Waals surface area contributed by atoms with Crippen LogP contribution >= 0.6 is 11.3 Å². The van der Waals surface area contributed by atoms with Crippen molar-refractivity contribution in [2.45, 2.75) is 26.8 Å². The first kappa shape index (κ1) is 17.7. The van der Waals surface area contributed by atoms with Gasteiger partial charge in [-0.25, -0.2) is 4.79 Å². The summed E-state index contributed by atoms with van der Waals surface area (Å²) in [6.45, 7) is 3.56. The highest BCUT2D eigenvalue weighted by atomic mass is 32.1. The first-order valence-corrected chi connectivity index (χ1v) is 8.12. The van der Waals surface area contributed by atoms with Crippen molar-refractivity contribution in [1.29, 1.82) is 0 Å². The van der Waals surface area contributed by atoms with Crippen LogP contribution in [-0.2, 0) is 22.5 Å². The number of aliphatic carboxylic acids is 1. The van der Waals surface area contributed by atoms with E-state index >= 15 is 0 Å². The number of esters is 1. The average molecular weight is 351 g/mol. The molecule has 0 fully saturated rings. The molecule has 0 saturated heterocycles. The number of aromatic nitrogens is 2. The van der Waals surface area contributed by atoms with E-state index in [4.69, 9.17) is 9.84 Å². The molecule has 1 amide bonds. The van der Waals surface area contributed by atoms with E-state index in [1.807, 2.05) is 6.92 Å². The van der Waals surface area contributed by atoms with Gasteiger partial charge in [0.05, 0.1) is 12.2 Å². The molecule has 2 heterocycles. The van der Waals surface area contributed by atoms with E-state index < -0.39 is 17.8 Å². The fraction of sp³-hybridized carbons (Fsp3) is 0.333. The lowest BCUT2D eigenvalue weighted by Crippen LogP contribution is -2.16. The molecular weight excluding hydrogens is 334 g/mol. The number of thiophene rings is 1. The summed E-state index contributed by atoms with van der Waals surface area (Å²) in [5.41, 5.74) is 0.370. The van der Waals surface area contributed by atoms with E-state index in [1.54, 1.807) is 13.0 Å². The number of carbonyl (C=O) groups is 3. The van der Waals surface area contributed by atoms with Gasteiger partial charge in [0.15, 0.2) is 5.69 Å². The third kappa shape index (κ3) is 4.19. The van der Waals surface area contributed by atoms with Gasteiger partial charge in [0.2, 0.25) is 0 Å². The predicted octanol–water partition coefficient (Wildman–Crippen LogP) is 2.02. The zero-order chi connectivity index (χ0) is 17.7. The molecule has 0 aromatic carbocycles. The fourth-order valence-electron chi connectivity index (χ4n) is 1.95. The summed E-state index contributed by atoms with van der Waals surface area (Å²) >= 11 is 1.29. The Kier molecular flexibility index (Phi) is 5.69. The Morgan fingerprint density at radius 2 is 2.12 bits per heavy atom. The average Bonchev–Trinajstić information content (AvgIpc) is 3.13. The van der Waals surface area contributed by atoms with E-state index in [1.165, 1.54) is 23.6 Å². The summed E-state index contributed by atoms with van der Waals surface area (Å²) in [7, 11) is 0. The predicted molar refractivity (Wildman–Crippen MR) is 87.5 cm³/mol. The number of amides is 1. The minimum atomic E-state index is -1.06. The van der Waals surface area contributed by atoms with Crippen LogP contribution in [0, 0.1) is 0 Å². The Morgan fingerprint density at radius 1 is 1.38 bits per heavy atom. The number of nitrogens with zero attached hydrogens (tertiary/aromatic N) is 2. The maximum Gasteiger partial charge on any atom is 0.341 e. The van der Waals surface area contributed by atoms with Crippen LogP contribution in [0.4, 0.5) is 5.00 Å². The highest BCUT2D eigenvalue weighted by molar-refractivity contribution is 7.16. The number of carboxylic acids is 1. The number of carbonyl (C=O) groups excluding carboxylic acids is 2. The molecule has 2 N–H and O–H groups in total. The largest absolute Gasteiger partial charge is 0.480 e. The standard InChI is InChI=1S/C15H17N3O5S/c1-3-9-7-10(15(22)23-4-2)14(24-9)16-13(21)11-5-6-18(17-11)8-12(19)20/h5-7H,3-4,8H2,1-2H3,(H,16,21)(H,19,20).